The van der Waals surface area contributed by atoms with Gasteiger partial charge in [0.2, 0.25) is 5.91 Å². The van der Waals surface area contributed by atoms with Crippen LogP contribution in [0.15, 0.2) is 29.2 Å². The van der Waals surface area contributed by atoms with E-state index in [0.29, 0.717) is 6.54 Å². The van der Waals surface area contributed by atoms with Crippen molar-refractivity contribution >= 4 is 23.6 Å². The summed E-state index contributed by atoms with van der Waals surface area (Å²) in [6.07, 6.45) is 2.64. The summed E-state index contributed by atoms with van der Waals surface area (Å²) in [5.41, 5.74) is 0. The largest absolute Gasteiger partial charge is 0.497 e. The predicted molar refractivity (Wildman–Crippen MR) is 103 cm³/mol. The van der Waals surface area contributed by atoms with Crippen molar-refractivity contribution in [2.45, 2.75) is 42.4 Å². The zero-order valence-electron chi connectivity index (χ0n) is 15.7. The van der Waals surface area contributed by atoms with Crippen molar-refractivity contribution in [2.75, 3.05) is 33.8 Å². The van der Waals surface area contributed by atoms with Crippen molar-refractivity contribution in [3.05, 3.63) is 24.3 Å². The van der Waals surface area contributed by atoms with Gasteiger partial charge in [0.15, 0.2) is 0 Å². The summed E-state index contributed by atoms with van der Waals surface area (Å²) in [5.74, 6) is 0.138. The smallest absolute Gasteiger partial charge is 0.317 e. The van der Waals surface area contributed by atoms with Gasteiger partial charge in [-0.3, -0.25) is 14.5 Å². The molecule has 2 rings (SSSR count). The molecule has 0 bridgehead atoms. The summed E-state index contributed by atoms with van der Waals surface area (Å²) < 4.78 is 5.16. The van der Waals surface area contributed by atoms with E-state index in [1.165, 1.54) is 0 Å². The third-order valence-electron chi connectivity index (χ3n) is 4.74. The molecule has 0 aliphatic carbocycles. The van der Waals surface area contributed by atoms with Crippen molar-refractivity contribution in [1.82, 2.24) is 9.80 Å². The molecule has 1 fully saturated rings. The van der Waals surface area contributed by atoms with Gasteiger partial charge in [-0.25, -0.2) is 0 Å². The molecule has 1 heterocycles. The van der Waals surface area contributed by atoms with Gasteiger partial charge in [0.1, 0.15) is 5.75 Å². The maximum atomic E-state index is 12.8. The minimum atomic E-state index is -0.811. The summed E-state index contributed by atoms with van der Waals surface area (Å²) in [7, 11) is 3.48. The highest BCUT2D eigenvalue weighted by Crippen LogP contribution is 2.27. The standard InChI is InChI=1S/C19H28N2O4S/c1-14(26-17-8-6-16(25-3)7-9-17)19(24)21-11-4-5-15(10-12-21)20(2)13-18(22)23/h6-9,14-15H,4-5,10-13H2,1-3H3,(H,22,23). The Balaban J connectivity index is 1.88. The van der Waals surface area contributed by atoms with Crippen LogP contribution in [0.4, 0.5) is 0 Å². The Morgan fingerprint density at radius 2 is 2.00 bits per heavy atom. The highest BCUT2D eigenvalue weighted by molar-refractivity contribution is 8.00. The summed E-state index contributed by atoms with van der Waals surface area (Å²) in [4.78, 5) is 28.6. The molecule has 1 aliphatic rings. The number of hydrogen-bond donors (Lipinski definition) is 1. The molecule has 1 amide bonds. The molecule has 1 aromatic rings. The van der Waals surface area contributed by atoms with Crippen molar-refractivity contribution in [3.63, 3.8) is 0 Å². The molecule has 1 aromatic carbocycles. The highest BCUT2D eigenvalue weighted by atomic mass is 32.2. The lowest BCUT2D eigenvalue weighted by Crippen LogP contribution is -2.39. The number of likely N-dealkylation sites (N-methyl/N-ethyl adjacent to an activating group) is 1. The Morgan fingerprint density at radius 3 is 2.62 bits per heavy atom. The van der Waals surface area contributed by atoms with E-state index in [1.54, 1.807) is 18.9 Å². The van der Waals surface area contributed by atoms with Crippen LogP contribution in [-0.4, -0.2) is 71.9 Å². The molecule has 2 unspecified atom stereocenters. The average molecular weight is 381 g/mol. The number of hydrogen-bond acceptors (Lipinski definition) is 5. The second-order valence-corrected chi connectivity index (χ2v) is 8.07. The number of carboxylic acids is 1. The zero-order chi connectivity index (χ0) is 19.1. The van der Waals surface area contributed by atoms with Crippen LogP contribution >= 0.6 is 11.8 Å². The zero-order valence-corrected chi connectivity index (χ0v) is 16.5. The van der Waals surface area contributed by atoms with Gasteiger partial charge in [-0.2, -0.15) is 0 Å². The lowest BCUT2D eigenvalue weighted by atomic mass is 10.1. The normalized spacial score (nSPS) is 19.1. The van der Waals surface area contributed by atoms with Crippen LogP contribution < -0.4 is 4.74 Å². The summed E-state index contributed by atoms with van der Waals surface area (Å²) in [5, 5.41) is 8.80. The van der Waals surface area contributed by atoms with Crippen LogP contribution in [0.1, 0.15) is 26.2 Å². The van der Waals surface area contributed by atoms with Gasteiger partial charge in [-0.1, -0.05) is 0 Å². The van der Waals surface area contributed by atoms with E-state index in [-0.39, 0.29) is 23.7 Å². The van der Waals surface area contributed by atoms with E-state index in [0.717, 1.165) is 36.5 Å². The number of ether oxygens (including phenoxy) is 1. The maximum Gasteiger partial charge on any atom is 0.317 e. The lowest BCUT2D eigenvalue weighted by molar-refractivity contribution is -0.138. The first kappa shape index (κ1) is 20.6. The van der Waals surface area contributed by atoms with E-state index in [4.69, 9.17) is 9.84 Å². The Labute approximate surface area is 159 Å². The topological polar surface area (TPSA) is 70.1 Å². The number of benzene rings is 1. The molecule has 1 aliphatic heterocycles. The van der Waals surface area contributed by atoms with Gasteiger partial charge in [0.05, 0.1) is 18.9 Å². The number of amides is 1. The Hall–Kier alpha value is -1.73. The lowest BCUT2D eigenvalue weighted by Gasteiger charge is -2.26. The Kier molecular flexibility index (Phi) is 7.78. The molecule has 2 atom stereocenters. The van der Waals surface area contributed by atoms with Gasteiger partial charge in [0.25, 0.3) is 0 Å². The fraction of sp³-hybridized carbons (Fsp3) is 0.579. The number of aliphatic carboxylic acids is 1. The van der Waals surface area contributed by atoms with Crippen LogP contribution in [-0.2, 0) is 9.59 Å². The monoisotopic (exact) mass is 380 g/mol. The average Bonchev–Trinajstić information content (AvgIpc) is 2.87. The van der Waals surface area contributed by atoms with Crippen LogP contribution in [0.5, 0.6) is 5.75 Å². The van der Waals surface area contributed by atoms with Gasteiger partial charge < -0.3 is 14.7 Å². The van der Waals surface area contributed by atoms with Gasteiger partial charge in [0, 0.05) is 24.0 Å². The number of carbonyl (C=O) groups excluding carboxylic acids is 1. The van der Waals surface area contributed by atoms with E-state index >= 15 is 0 Å². The molecule has 0 aromatic heterocycles. The van der Waals surface area contributed by atoms with Crippen LogP contribution in [0.25, 0.3) is 0 Å². The third kappa shape index (κ3) is 5.92. The minimum absolute atomic E-state index is 0.0440. The van der Waals surface area contributed by atoms with E-state index in [1.807, 2.05) is 48.0 Å². The van der Waals surface area contributed by atoms with Gasteiger partial charge in [-0.05, 0) is 57.5 Å². The van der Waals surface area contributed by atoms with Crippen LogP contribution in [0.3, 0.4) is 0 Å². The van der Waals surface area contributed by atoms with Gasteiger partial charge in [-0.15, -0.1) is 11.8 Å². The number of carbonyl (C=O) groups is 2. The summed E-state index contributed by atoms with van der Waals surface area (Å²) >= 11 is 1.55. The molecule has 7 heteroatoms. The predicted octanol–water partition coefficient (Wildman–Crippen LogP) is 2.57. The molecular weight excluding hydrogens is 352 g/mol. The number of likely N-dealkylation sites (tertiary alicyclic amines) is 1. The van der Waals surface area contributed by atoms with E-state index < -0.39 is 5.97 Å². The third-order valence-corrected chi connectivity index (χ3v) is 5.84. The summed E-state index contributed by atoms with van der Waals surface area (Å²) in [6, 6.07) is 7.94. The molecule has 26 heavy (non-hydrogen) atoms. The number of thioether (sulfide) groups is 1. The molecule has 1 N–H and O–H groups in total. The van der Waals surface area contributed by atoms with Crippen molar-refractivity contribution in [3.8, 4) is 5.75 Å². The first-order valence-electron chi connectivity index (χ1n) is 8.92. The molecule has 6 nitrogen and oxygen atoms in total. The van der Waals surface area contributed by atoms with Gasteiger partial charge >= 0.3 is 5.97 Å². The fourth-order valence-corrected chi connectivity index (χ4v) is 4.20. The van der Waals surface area contributed by atoms with Crippen molar-refractivity contribution < 1.29 is 19.4 Å². The van der Waals surface area contributed by atoms with Crippen molar-refractivity contribution in [2.24, 2.45) is 0 Å². The Bertz CT molecular complexity index is 608. The molecule has 0 spiro atoms. The van der Waals surface area contributed by atoms with Crippen LogP contribution in [0, 0.1) is 0 Å². The molecule has 144 valence electrons. The fourth-order valence-electron chi connectivity index (χ4n) is 3.25. The van der Waals surface area contributed by atoms with E-state index in [9.17, 15) is 9.59 Å². The quantitative estimate of drug-likeness (QED) is 0.733. The first-order valence-corrected chi connectivity index (χ1v) is 9.80. The SMILES string of the molecule is COc1ccc(SC(C)C(=O)N2CCCC(N(C)CC(=O)O)CC2)cc1. The number of methoxy groups -OCH3 is 1. The van der Waals surface area contributed by atoms with E-state index in [2.05, 4.69) is 0 Å². The Morgan fingerprint density at radius 1 is 1.31 bits per heavy atom. The molecule has 1 saturated heterocycles. The number of rotatable bonds is 7. The molecule has 0 radical (unpaired) electrons. The second-order valence-electron chi connectivity index (χ2n) is 6.65. The van der Waals surface area contributed by atoms with Crippen LogP contribution in [0.2, 0.25) is 0 Å². The molecular formula is C19H28N2O4S. The minimum Gasteiger partial charge on any atom is -0.497 e. The maximum absolute atomic E-state index is 12.8. The number of carboxylic acid groups (broad SMARTS) is 1. The molecule has 0 saturated carbocycles. The second kappa shape index (κ2) is 9.83. The number of nitrogens with zero attached hydrogens (tertiary/aromatic N) is 2. The highest BCUT2D eigenvalue weighted by Gasteiger charge is 2.26. The summed E-state index contributed by atoms with van der Waals surface area (Å²) in [6.45, 7) is 3.41. The van der Waals surface area contributed by atoms with Crippen molar-refractivity contribution in [1.29, 1.82) is 0 Å². The first-order chi connectivity index (χ1) is 12.4.